The highest BCUT2D eigenvalue weighted by Crippen LogP contribution is 2.45. The van der Waals surface area contributed by atoms with Crippen LogP contribution < -0.4 is 4.74 Å². The van der Waals surface area contributed by atoms with E-state index in [9.17, 15) is 13.2 Å². The minimum Gasteiger partial charge on any atom is -0.480 e. The minimum atomic E-state index is -4.52. The third-order valence-electron chi connectivity index (χ3n) is 6.18. The molecule has 37 heavy (non-hydrogen) atoms. The largest absolute Gasteiger partial charge is 0.480 e. The van der Waals surface area contributed by atoms with Crippen molar-refractivity contribution in [2.75, 3.05) is 7.11 Å². The highest BCUT2D eigenvalue weighted by atomic mass is 19.4. The van der Waals surface area contributed by atoms with Gasteiger partial charge in [-0.2, -0.15) is 13.2 Å². The first-order valence-corrected chi connectivity index (χ1v) is 11.5. The molecule has 0 radical (unpaired) electrons. The lowest BCUT2D eigenvalue weighted by Crippen LogP contribution is -2.05. The molecule has 5 aromatic rings. The van der Waals surface area contributed by atoms with Gasteiger partial charge in [0.1, 0.15) is 23.1 Å². The number of hydrogen-bond donors (Lipinski definition) is 0. The summed E-state index contributed by atoms with van der Waals surface area (Å²) in [6.45, 7) is 0. The Morgan fingerprint density at radius 3 is 2.59 bits per heavy atom. The Labute approximate surface area is 208 Å². The molecule has 0 aliphatic heterocycles. The summed E-state index contributed by atoms with van der Waals surface area (Å²) in [4.78, 5) is 25.9. The molecule has 1 aliphatic carbocycles. The van der Waals surface area contributed by atoms with Crippen LogP contribution in [0.15, 0.2) is 47.5 Å². The number of imidazole rings is 1. The summed E-state index contributed by atoms with van der Waals surface area (Å²) in [5, 5.41) is 0. The summed E-state index contributed by atoms with van der Waals surface area (Å²) in [7, 11) is 3.05. The van der Waals surface area contributed by atoms with Crippen LogP contribution in [0.25, 0.3) is 34.1 Å². The van der Waals surface area contributed by atoms with Crippen LogP contribution in [0.5, 0.6) is 5.88 Å². The fourth-order valence-electron chi connectivity index (χ4n) is 4.24. The normalized spacial score (nSPS) is 13.9. The number of methoxy groups -OCH3 is 1. The number of nitrogens with zero attached hydrogens (tertiary/aromatic N) is 7. The fourth-order valence-corrected chi connectivity index (χ4v) is 4.24. The van der Waals surface area contributed by atoms with Gasteiger partial charge in [-0.25, -0.2) is 19.9 Å². The first-order valence-electron chi connectivity index (χ1n) is 11.5. The number of aryl methyl sites for hydroxylation is 1. The quantitative estimate of drug-likeness (QED) is 0.317. The SMILES string of the molecule is COc1ncnc(C2CC2)c1-c1nc2ccnc(Cc3ccc(-c4nc(C(F)(F)F)cn4C)nc3)c2o1. The van der Waals surface area contributed by atoms with Crippen molar-refractivity contribution in [3.63, 3.8) is 0 Å². The van der Waals surface area contributed by atoms with Gasteiger partial charge in [0.2, 0.25) is 11.8 Å². The lowest BCUT2D eigenvalue weighted by atomic mass is 10.1. The Morgan fingerprint density at radius 2 is 1.92 bits per heavy atom. The van der Waals surface area contributed by atoms with Crippen LogP contribution >= 0.6 is 0 Å². The van der Waals surface area contributed by atoms with E-state index in [0.717, 1.165) is 30.3 Å². The van der Waals surface area contributed by atoms with E-state index >= 15 is 0 Å². The molecule has 6 rings (SSSR count). The summed E-state index contributed by atoms with van der Waals surface area (Å²) in [6, 6.07) is 5.18. The number of aromatic nitrogens is 7. The minimum absolute atomic E-state index is 0.129. The van der Waals surface area contributed by atoms with Gasteiger partial charge in [0.25, 0.3) is 0 Å². The third kappa shape index (κ3) is 4.28. The second-order valence-electron chi connectivity index (χ2n) is 8.83. The molecule has 5 aromatic heterocycles. The van der Waals surface area contributed by atoms with Crippen molar-refractivity contribution in [1.29, 1.82) is 0 Å². The fraction of sp³-hybridized carbons (Fsp3) is 0.280. The highest BCUT2D eigenvalue weighted by molar-refractivity contribution is 5.79. The van der Waals surface area contributed by atoms with E-state index in [1.165, 1.54) is 17.9 Å². The summed E-state index contributed by atoms with van der Waals surface area (Å²) in [5.74, 6) is 1.23. The van der Waals surface area contributed by atoms with Gasteiger partial charge in [-0.15, -0.1) is 0 Å². The second kappa shape index (κ2) is 8.64. The number of halogens is 3. The van der Waals surface area contributed by atoms with Gasteiger partial charge in [0.05, 0.1) is 18.5 Å². The molecule has 0 bridgehead atoms. The van der Waals surface area contributed by atoms with Crippen LogP contribution in [0.2, 0.25) is 0 Å². The van der Waals surface area contributed by atoms with Crippen LogP contribution in [-0.2, 0) is 19.6 Å². The number of ether oxygens (including phenoxy) is 1. The maximum Gasteiger partial charge on any atom is 0.434 e. The van der Waals surface area contributed by atoms with Crippen molar-refractivity contribution < 1.29 is 22.3 Å². The second-order valence-corrected chi connectivity index (χ2v) is 8.83. The van der Waals surface area contributed by atoms with E-state index in [1.54, 1.807) is 37.7 Å². The van der Waals surface area contributed by atoms with Crippen LogP contribution in [0.4, 0.5) is 13.2 Å². The zero-order valence-corrected chi connectivity index (χ0v) is 19.8. The van der Waals surface area contributed by atoms with Gasteiger partial charge < -0.3 is 13.7 Å². The lowest BCUT2D eigenvalue weighted by molar-refractivity contribution is -0.140. The smallest absolute Gasteiger partial charge is 0.434 e. The molecule has 1 aliphatic rings. The average molecular weight is 507 g/mol. The van der Waals surface area contributed by atoms with E-state index in [0.29, 0.717) is 52.2 Å². The van der Waals surface area contributed by atoms with E-state index in [1.807, 2.05) is 0 Å². The molecule has 0 spiro atoms. The molecule has 5 heterocycles. The van der Waals surface area contributed by atoms with Crippen LogP contribution in [0.3, 0.4) is 0 Å². The molecule has 12 heteroatoms. The van der Waals surface area contributed by atoms with Gasteiger partial charge in [0.15, 0.2) is 17.1 Å². The summed E-state index contributed by atoms with van der Waals surface area (Å²) in [5.41, 5.74) is 3.47. The Morgan fingerprint density at radius 1 is 1.08 bits per heavy atom. The summed E-state index contributed by atoms with van der Waals surface area (Å²) >= 11 is 0. The van der Waals surface area contributed by atoms with Gasteiger partial charge in [-0.05, 0) is 30.5 Å². The van der Waals surface area contributed by atoms with Gasteiger partial charge in [0, 0.05) is 38.0 Å². The number of alkyl halides is 3. The van der Waals surface area contributed by atoms with Crippen molar-refractivity contribution >= 4 is 11.1 Å². The zero-order chi connectivity index (χ0) is 25.7. The van der Waals surface area contributed by atoms with Crippen LogP contribution in [-0.4, -0.2) is 41.6 Å². The van der Waals surface area contributed by atoms with Crippen LogP contribution in [0.1, 0.15) is 41.4 Å². The Hall–Kier alpha value is -4.35. The molecule has 1 saturated carbocycles. The zero-order valence-electron chi connectivity index (χ0n) is 19.8. The molecular formula is C25H20F3N7O2. The monoisotopic (exact) mass is 507 g/mol. The third-order valence-corrected chi connectivity index (χ3v) is 6.18. The topological polar surface area (TPSA) is 105 Å². The van der Waals surface area contributed by atoms with Crippen molar-refractivity contribution in [1.82, 2.24) is 34.5 Å². The molecule has 0 saturated heterocycles. The van der Waals surface area contributed by atoms with E-state index in [2.05, 4.69) is 29.9 Å². The number of hydrogen-bond acceptors (Lipinski definition) is 8. The highest BCUT2D eigenvalue weighted by Gasteiger charge is 2.35. The first-order chi connectivity index (χ1) is 17.8. The molecule has 1 fully saturated rings. The molecular weight excluding hydrogens is 487 g/mol. The number of oxazole rings is 1. The van der Waals surface area contributed by atoms with Crippen LogP contribution in [0, 0.1) is 0 Å². The number of fused-ring (bicyclic) bond motifs is 1. The predicted octanol–water partition coefficient (Wildman–Crippen LogP) is 4.97. The summed E-state index contributed by atoms with van der Waals surface area (Å²) in [6.07, 6.45) is 3.61. The number of rotatable bonds is 6. The van der Waals surface area contributed by atoms with Crippen molar-refractivity contribution in [2.24, 2.45) is 7.05 Å². The Kier molecular flexibility index (Phi) is 5.39. The molecule has 188 valence electrons. The van der Waals surface area contributed by atoms with Crippen molar-refractivity contribution in [3.05, 3.63) is 65.8 Å². The van der Waals surface area contributed by atoms with Crippen molar-refractivity contribution in [2.45, 2.75) is 31.4 Å². The Balaban J connectivity index is 1.32. The van der Waals surface area contributed by atoms with Gasteiger partial charge in [-0.3, -0.25) is 9.97 Å². The molecule has 0 amide bonds. The van der Waals surface area contributed by atoms with E-state index in [4.69, 9.17) is 9.15 Å². The molecule has 0 atom stereocenters. The van der Waals surface area contributed by atoms with E-state index < -0.39 is 11.9 Å². The predicted molar refractivity (Wildman–Crippen MR) is 126 cm³/mol. The number of pyridine rings is 2. The van der Waals surface area contributed by atoms with Crippen molar-refractivity contribution in [3.8, 4) is 28.9 Å². The van der Waals surface area contributed by atoms with E-state index in [-0.39, 0.29) is 5.82 Å². The van der Waals surface area contributed by atoms with Gasteiger partial charge in [-0.1, -0.05) is 6.07 Å². The standard InChI is InChI=1S/C25H20F3N7O2/c1-35-11-18(25(26,27)28)34-22(35)16-6-3-13(10-30-16)9-17-21-15(7-8-29-17)33-24(37-21)19-20(14-4-5-14)31-12-32-23(19)36-2/h3,6-8,10-12,14H,4-5,9H2,1-2H3. The molecule has 9 nitrogen and oxygen atoms in total. The average Bonchev–Trinajstić information content (AvgIpc) is 3.51. The molecule has 0 aromatic carbocycles. The maximum absolute atomic E-state index is 13.0. The first kappa shape index (κ1) is 23.1. The Bertz CT molecular complexity index is 1610. The maximum atomic E-state index is 13.0. The molecule has 0 unspecified atom stereocenters. The summed E-state index contributed by atoms with van der Waals surface area (Å²) < 4.78 is 52.0. The molecule has 0 N–H and O–H groups in total. The van der Waals surface area contributed by atoms with Gasteiger partial charge >= 0.3 is 6.18 Å². The lowest BCUT2D eigenvalue weighted by Gasteiger charge is -2.08.